The van der Waals surface area contributed by atoms with Crippen LogP contribution < -0.4 is 10.2 Å². The van der Waals surface area contributed by atoms with Crippen molar-refractivity contribution in [3.8, 4) is 0 Å². The molecule has 178 valence electrons. The van der Waals surface area contributed by atoms with Crippen LogP contribution in [-0.2, 0) is 19.1 Å². The summed E-state index contributed by atoms with van der Waals surface area (Å²) < 4.78 is 6.09. The van der Waals surface area contributed by atoms with Gasteiger partial charge >= 0.3 is 5.97 Å². The summed E-state index contributed by atoms with van der Waals surface area (Å²) in [7, 11) is 0. The lowest BCUT2D eigenvalue weighted by atomic mass is 9.76. The molecule has 1 N–H and O–H groups in total. The number of nitrogens with zero attached hydrogens (tertiary/aromatic N) is 1. The minimum Gasteiger partial charge on any atom is -0.452 e. The van der Waals surface area contributed by atoms with E-state index in [0.717, 1.165) is 34.9 Å². The van der Waals surface area contributed by atoms with Crippen molar-refractivity contribution >= 4 is 51.0 Å². The lowest BCUT2D eigenvalue weighted by Crippen LogP contribution is -2.30. The van der Waals surface area contributed by atoms with Gasteiger partial charge in [-0.2, -0.15) is 0 Å². The predicted molar refractivity (Wildman–Crippen MR) is 131 cm³/mol. The van der Waals surface area contributed by atoms with Crippen LogP contribution in [-0.4, -0.2) is 30.3 Å². The molecule has 2 fully saturated rings. The molecule has 0 aromatic heterocycles. The van der Waals surface area contributed by atoms with E-state index in [1.165, 1.54) is 17.0 Å². The van der Waals surface area contributed by atoms with Crippen LogP contribution in [0.5, 0.6) is 0 Å². The SMILES string of the molecule is Cc1c(Br)ccc(NC(=O)COC(=O)c2ccc(N3C(=O)[C@H]4C[C@@H](C)CC[C@H]4C3=O)cc2)c1C. The summed E-state index contributed by atoms with van der Waals surface area (Å²) in [4.78, 5) is 51.6. The molecule has 1 saturated heterocycles. The Kier molecular flexibility index (Phi) is 6.89. The van der Waals surface area contributed by atoms with E-state index in [4.69, 9.17) is 4.74 Å². The van der Waals surface area contributed by atoms with E-state index in [1.54, 1.807) is 18.2 Å². The number of amides is 3. The molecule has 3 amide bonds. The number of carbonyl (C=O) groups is 4. The molecule has 1 heterocycles. The molecule has 3 atom stereocenters. The molecule has 0 unspecified atom stereocenters. The monoisotopic (exact) mass is 526 g/mol. The standard InChI is InChI=1S/C26H27BrN2O5/c1-14-4-9-19-20(12-14)25(32)29(24(19)31)18-7-5-17(6-8-18)26(33)34-13-23(30)28-22-11-10-21(27)15(2)16(22)3/h5-8,10-11,14,19-20H,4,9,12-13H2,1-3H3,(H,28,30)/t14-,19+,20-/m0/s1. The van der Waals surface area contributed by atoms with Crippen molar-refractivity contribution < 1.29 is 23.9 Å². The fourth-order valence-corrected chi connectivity index (χ4v) is 5.14. The Bertz CT molecular complexity index is 1160. The highest BCUT2D eigenvalue weighted by atomic mass is 79.9. The third kappa shape index (κ3) is 4.64. The van der Waals surface area contributed by atoms with Gasteiger partial charge in [0, 0.05) is 10.2 Å². The topological polar surface area (TPSA) is 92.8 Å². The molecule has 1 saturated carbocycles. The predicted octanol–water partition coefficient (Wildman–Crippen LogP) is 4.79. The Balaban J connectivity index is 1.36. The highest BCUT2D eigenvalue weighted by molar-refractivity contribution is 9.10. The third-order valence-electron chi connectivity index (χ3n) is 6.88. The van der Waals surface area contributed by atoms with Gasteiger partial charge in [-0.15, -0.1) is 0 Å². The summed E-state index contributed by atoms with van der Waals surface area (Å²) in [6.45, 7) is 5.52. The lowest BCUT2D eigenvalue weighted by Gasteiger charge is -2.25. The number of ether oxygens (including phenoxy) is 1. The van der Waals surface area contributed by atoms with Crippen LogP contribution in [0.2, 0.25) is 0 Å². The lowest BCUT2D eigenvalue weighted by molar-refractivity contribution is -0.122. The van der Waals surface area contributed by atoms with Crippen molar-refractivity contribution in [1.29, 1.82) is 0 Å². The van der Waals surface area contributed by atoms with E-state index in [2.05, 4.69) is 28.2 Å². The van der Waals surface area contributed by atoms with Crippen LogP contribution in [0.3, 0.4) is 0 Å². The second-order valence-electron chi connectivity index (χ2n) is 9.16. The molecule has 2 aliphatic rings. The smallest absolute Gasteiger partial charge is 0.338 e. The van der Waals surface area contributed by atoms with E-state index >= 15 is 0 Å². The zero-order chi connectivity index (χ0) is 24.6. The third-order valence-corrected chi connectivity index (χ3v) is 7.74. The number of rotatable bonds is 5. The number of imide groups is 1. The van der Waals surface area contributed by atoms with Crippen LogP contribution in [0.4, 0.5) is 11.4 Å². The average Bonchev–Trinajstić information content (AvgIpc) is 3.07. The zero-order valence-electron chi connectivity index (χ0n) is 19.4. The van der Waals surface area contributed by atoms with Crippen molar-refractivity contribution in [2.75, 3.05) is 16.8 Å². The maximum absolute atomic E-state index is 12.9. The van der Waals surface area contributed by atoms with Crippen LogP contribution in [0, 0.1) is 31.6 Å². The summed E-state index contributed by atoms with van der Waals surface area (Å²) in [6.07, 6.45) is 2.42. The number of hydrogen-bond acceptors (Lipinski definition) is 5. The van der Waals surface area contributed by atoms with Crippen molar-refractivity contribution in [2.45, 2.75) is 40.0 Å². The first-order valence-electron chi connectivity index (χ1n) is 11.4. The Morgan fingerprint density at radius 3 is 2.38 bits per heavy atom. The van der Waals surface area contributed by atoms with Gasteiger partial charge in [0.15, 0.2) is 6.61 Å². The Hall–Kier alpha value is -3.00. The first-order chi connectivity index (χ1) is 16.2. The van der Waals surface area contributed by atoms with Crippen LogP contribution in [0.25, 0.3) is 0 Å². The number of hydrogen-bond donors (Lipinski definition) is 1. The summed E-state index contributed by atoms with van der Waals surface area (Å²) in [5.74, 6) is -1.49. The molecule has 34 heavy (non-hydrogen) atoms. The number of benzene rings is 2. The molecule has 4 rings (SSSR count). The average molecular weight is 527 g/mol. The molecule has 0 spiro atoms. The molecule has 1 aliphatic carbocycles. The highest BCUT2D eigenvalue weighted by Gasteiger charge is 2.49. The van der Waals surface area contributed by atoms with Crippen LogP contribution >= 0.6 is 15.9 Å². The van der Waals surface area contributed by atoms with Gasteiger partial charge in [-0.05, 0) is 86.6 Å². The minimum atomic E-state index is -0.660. The fourth-order valence-electron chi connectivity index (χ4n) is 4.71. The number of nitrogens with one attached hydrogen (secondary N) is 1. The van der Waals surface area contributed by atoms with E-state index < -0.39 is 18.5 Å². The van der Waals surface area contributed by atoms with Crippen LogP contribution in [0.1, 0.15) is 47.7 Å². The summed E-state index contributed by atoms with van der Waals surface area (Å²) >= 11 is 3.45. The number of esters is 1. The molecule has 2 aromatic carbocycles. The molecule has 2 aromatic rings. The van der Waals surface area contributed by atoms with Crippen LogP contribution in [0.15, 0.2) is 40.9 Å². The van der Waals surface area contributed by atoms with Gasteiger partial charge in [0.25, 0.3) is 5.91 Å². The Morgan fingerprint density at radius 1 is 1.00 bits per heavy atom. The molecule has 7 nitrogen and oxygen atoms in total. The van der Waals surface area contributed by atoms with Crippen molar-refractivity contribution in [3.63, 3.8) is 0 Å². The number of anilines is 2. The highest BCUT2D eigenvalue weighted by Crippen LogP contribution is 2.42. The summed E-state index contributed by atoms with van der Waals surface area (Å²) in [5.41, 5.74) is 3.27. The van der Waals surface area contributed by atoms with Crippen molar-refractivity contribution in [2.24, 2.45) is 17.8 Å². The van der Waals surface area contributed by atoms with E-state index in [9.17, 15) is 19.2 Å². The molecule has 0 bridgehead atoms. The van der Waals surface area contributed by atoms with E-state index in [-0.39, 0.29) is 29.2 Å². The van der Waals surface area contributed by atoms with Gasteiger partial charge < -0.3 is 10.1 Å². The Morgan fingerprint density at radius 2 is 1.68 bits per heavy atom. The molecular formula is C26H27BrN2O5. The molecule has 0 radical (unpaired) electrons. The maximum Gasteiger partial charge on any atom is 0.338 e. The number of fused-ring (bicyclic) bond motifs is 1. The van der Waals surface area contributed by atoms with Gasteiger partial charge in [0.05, 0.1) is 23.1 Å². The van der Waals surface area contributed by atoms with Crippen molar-refractivity contribution in [3.05, 3.63) is 57.6 Å². The number of halogens is 1. The quantitative estimate of drug-likeness (QED) is 0.446. The maximum atomic E-state index is 12.9. The zero-order valence-corrected chi connectivity index (χ0v) is 21.0. The normalized spacial score (nSPS) is 21.9. The largest absolute Gasteiger partial charge is 0.452 e. The number of carbonyl (C=O) groups excluding carboxylic acids is 4. The summed E-state index contributed by atoms with van der Waals surface area (Å²) in [5, 5.41) is 2.75. The van der Waals surface area contributed by atoms with Gasteiger partial charge in [0.2, 0.25) is 11.8 Å². The molecule has 8 heteroatoms. The van der Waals surface area contributed by atoms with E-state index in [1.807, 2.05) is 19.9 Å². The summed E-state index contributed by atoms with van der Waals surface area (Å²) in [6, 6.07) is 9.77. The van der Waals surface area contributed by atoms with Crippen molar-refractivity contribution in [1.82, 2.24) is 0 Å². The van der Waals surface area contributed by atoms with Gasteiger partial charge in [-0.1, -0.05) is 22.9 Å². The van der Waals surface area contributed by atoms with Gasteiger partial charge in [-0.3, -0.25) is 19.3 Å². The minimum absolute atomic E-state index is 0.160. The fraction of sp³-hybridized carbons (Fsp3) is 0.385. The first-order valence-corrected chi connectivity index (χ1v) is 12.2. The van der Waals surface area contributed by atoms with Gasteiger partial charge in [-0.25, -0.2) is 4.79 Å². The van der Waals surface area contributed by atoms with E-state index in [0.29, 0.717) is 17.3 Å². The molecular weight excluding hydrogens is 500 g/mol. The Labute approximate surface area is 207 Å². The van der Waals surface area contributed by atoms with Gasteiger partial charge in [0.1, 0.15) is 0 Å². The second-order valence-corrected chi connectivity index (χ2v) is 10.0. The molecule has 1 aliphatic heterocycles. The first kappa shape index (κ1) is 24.1. The second kappa shape index (κ2) is 9.70.